The first kappa shape index (κ1) is 15.3. The van der Waals surface area contributed by atoms with Crippen LogP contribution < -0.4 is 5.32 Å². The highest BCUT2D eigenvalue weighted by molar-refractivity contribution is 6.31. The highest BCUT2D eigenvalue weighted by atomic mass is 35.5. The Bertz CT molecular complexity index is 459. The number of hydrogen-bond donors (Lipinski definition) is 1. The lowest BCUT2D eigenvalue weighted by Gasteiger charge is -2.26. The van der Waals surface area contributed by atoms with Crippen LogP contribution in [0.3, 0.4) is 0 Å². The lowest BCUT2D eigenvalue weighted by atomic mass is 10.1. The molecule has 1 saturated heterocycles. The van der Waals surface area contributed by atoms with Crippen molar-refractivity contribution in [2.75, 3.05) is 44.7 Å². The molecule has 20 heavy (non-hydrogen) atoms. The molecular weight excluding hydrogens is 276 g/mol. The van der Waals surface area contributed by atoms with Gasteiger partial charge in [-0.1, -0.05) is 11.6 Å². The summed E-state index contributed by atoms with van der Waals surface area (Å²) in [4.78, 5) is 14.0. The fourth-order valence-electron chi connectivity index (χ4n) is 2.32. The highest BCUT2D eigenvalue weighted by Gasteiger charge is 2.10. The third kappa shape index (κ3) is 4.47. The fourth-order valence-corrected chi connectivity index (χ4v) is 2.49. The minimum absolute atomic E-state index is 0.0531. The standard InChI is InChI=1S/C15H21ClN2O2/c1-12(19)14-4-3-13(16)11-15(14)17-5-2-6-18-7-9-20-10-8-18/h3-4,11,17H,2,5-10H2,1H3. The van der Waals surface area contributed by atoms with Gasteiger partial charge in [0.05, 0.1) is 13.2 Å². The second-order valence-electron chi connectivity index (χ2n) is 4.98. The summed E-state index contributed by atoms with van der Waals surface area (Å²) in [5.74, 6) is 0.0531. The van der Waals surface area contributed by atoms with Gasteiger partial charge < -0.3 is 10.1 Å². The third-order valence-corrected chi connectivity index (χ3v) is 3.67. The van der Waals surface area contributed by atoms with Crippen LogP contribution in [0, 0.1) is 0 Å². The van der Waals surface area contributed by atoms with Crippen molar-refractivity contribution in [2.45, 2.75) is 13.3 Å². The number of anilines is 1. The van der Waals surface area contributed by atoms with Crippen LogP contribution in [-0.4, -0.2) is 50.1 Å². The van der Waals surface area contributed by atoms with Gasteiger partial charge in [0, 0.05) is 35.9 Å². The van der Waals surface area contributed by atoms with Gasteiger partial charge in [-0.25, -0.2) is 0 Å². The molecule has 0 radical (unpaired) electrons. The normalized spacial score (nSPS) is 16.1. The quantitative estimate of drug-likeness (QED) is 0.647. The molecule has 0 aromatic heterocycles. The first-order valence-electron chi connectivity index (χ1n) is 7.01. The molecule has 1 fully saturated rings. The summed E-state index contributed by atoms with van der Waals surface area (Å²) < 4.78 is 5.32. The van der Waals surface area contributed by atoms with Crippen molar-refractivity contribution in [1.29, 1.82) is 0 Å². The molecule has 1 aromatic carbocycles. The summed E-state index contributed by atoms with van der Waals surface area (Å²) in [6, 6.07) is 5.33. The van der Waals surface area contributed by atoms with Crippen LogP contribution in [0.5, 0.6) is 0 Å². The van der Waals surface area contributed by atoms with Crippen LogP contribution >= 0.6 is 11.6 Å². The van der Waals surface area contributed by atoms with Crippen molar-refractivity contribution in [1.82, 2.24) is 4.90 Å². The van der Waals surface area contributed by atoms with Gasteiger partial charge in [0.2, 0.25) is 0 Å². The number of nitrogens with one attached hydrogen (secondary N) is 1. The maximum Gasteiger partial charge on any atom is 0.161 e. The van der Waals surface area contributed by atoms with Crippen LogP contribution in [0.1, 0.15) is 23.7 Å². The lowest BCUT2D eigenvalue weighted by Crippen LogP contribution is -2.37. The zero-order valence-corrected chi connectivity index (χ0v) is 12.6. The summed E-state index contributed by atoms with van der Waals surface area (Å²) >= 11 is 5.98. The van der Waals surface area contributed by atoms with Crippen LogP contribution in [0.15, 0.2) is 18.2 Å². The number of rotatable bonds is 6. The van der Waals surface area contributed by atoms with E-state index in [2.05, 4.69) is 10.2 Å². The Kier molecular flexibility index (Phi) is 5.83. The maximum atomic E-state index is 11.6. The van der Waals surface area contributed by atoms with Crippen molar-refractivity contribution in [3.05, 3.63) is 28.8 Å². The predicted octanol–water partition coefficient (Wildman–Crippen LogP) is 2.68. The number of carbonyl (C=O) groups excluding carboxylic acids is 1. The SMILES string of the molecule is CC(=O)c1ccc(Cl)cc1NCCCN1CCOCC1. The Balaban J connectivity index is 1.81. The second-order valence-corrected chi connectivity index (χ2v) is 5.42. The van der Waals surface area contributed by atoms with Gasteiger partial charge >= 0.3 is 0 Å². The number of nitrogens with zero attached hydrogens (tertiary/aromatic N) is 1. The zero-order chi connectivity index (χ0) is 14.4. The molecule has 0 unspecified atom stereocenters. The molecule has 4 nitrogen and oxygen atoms in total. The number of halogens is 1. The molecule has 1 aliphatic rings. The minimum atomic E-state index is 0.0531. The van der Waals surface area contributed by atoms with Crippen molar-refractivity contribution >= 4 is 23.1 Å². The number of ether oxygens (including phenoxy) is 1. The van der Waals surface area contributed by atoms with Crippen molar-refractivity contribution in [3.8, 4) is 0 Å². The van der Waals surface area contributed by atoms with E-state index in [9.17, 15) is 4.79 Å². The summed E-state index contributed by atoms with van der Waals surface area (Å²) in [5, 5.41) is 3.96. The van der Waals surface area contributed by atoms with E-state index < -0.39 is 0 Å². The van der Waals surface area contributed by atoms with Gasteiger partial charge in [-0.2, -0.15) is 0 Å². The van der Waals surface area contributed by atoms with E-state index in [1.807, 2.05) is 6.07 Å². The summed E-state index contributed by atoms with van der Waals surface area (Å²) in [5.41, 5.74) is 1.52. The van der Waals surface area contributed by atoms with E-state index in [4.69, 9.17) is 16.3 Å². The Labute approximate surface area is 125 Å². The van der Waals surface area contributed by atoms with E-state index in [0.29, 0.717) is 10.6 Å². The molecule has 1 N–H and O–H groups in total. The van der Waals surface area contributed by atoms with Gasteiger partial charge in [0.25, 0.3) is 0 Å². The predicted molar refractivity (Wildman–Crippen MR) is 81.8 cm³/mol. The van der Waals surface area contributed by atoms with Crippen molar-refractivity contribution in [3.63, 3.8) is 0 Å². The van der Waals surface area contributed by atoms with Gasteiger partial charge in [-0.15, -0.1) is 0 Å². The topological polar surface area (TPSA) is 41.6 Å². The van der Waals surface area contributed by atoms with Gasteiger partial charge in [0.1, 0.15) is 0 Å². The number of carbonyl (C=O) groups is 1. The van der Waals surface area contributed by atoms with Crippen molar-refractivity contribution in [2.24, 2.45) is 0 Å². The molecule has 0 amide bonds. The summed E-state index contributed by atoms with van der Waals surface area (Å²) in [6.07, 6.45) is 1.03. The van der Waals surface area contributed by atoms with Crippen LogP contribution in [0.4, 0.5) is 5.69 Å². The molecular formula is C15H21ClN2O2. The van der Waals surface area contributed by atoms with E-state index >= 15 is 0 Å². The first-order valence-corrected chi connectivity index (χ1v) is 7.39. The second kappa shape index (κ2) is 7.62. The zero-order valence-electron chi connectivity index (χ0n) is 11.8. The molecule has 1 aliphatic heterocycles. The number of morpholine rings is 1. The van der Waals surface area contributed by atoms with E-state index in [1.165, 1.54) is 0 Å². The number of hydrogen-bond acceptors (Lipinski definition) is 4. The van der Waals surface area contributed by atoms with Gasteiger partial charge in [-0.05, 0) is 38.1 Å². The molecule has 1 heterocycles. The van der Waals surface area contributed by atoms with Crippen molar-refractivity contribution < 1.29 is 9.53 Å². The van der Waals surface area contributed by atoms with Gasteiger partial charge in [-0.3, -0.25) is 9.69 Å². The Morgan fingerprint density at radius 2 is 2.15 bits per heavy atom. The van der Waals surface area contributed by atoms with Crippen LogP contribution in [0.25, 0.3) is 0 Å². The van der Waals surface area contributed by atoms with E-state index in [0.717, 1.165) is 51.5 Å². The molecule has 0 bridgehead atoms. The first-order chi connectivity index (χ1) is 9.66. The molecule has 1 aromatic rings. The van der Waals surface area contributed by atoms with Crippen LogP contribution in [0.2, 0.25) is 5.02 Å². The molecule has 0 atom stereocenters. The Hall–Kier alpha value is -1.10. The van der Waals surface area contributed by atoms with E-state index in [-0.39, 0.29) is 5.78 Å². The molecule has 2 rings (SSSR count). The molecule has 0 saturated carbocycles. The number of Topliss-reactive ketones (excluding diaryl/α,β-unsaturated/α-hetero) is 1. The number of benzene rings is 1. The van der Waals surface area contributed by atoms with E-state index in [1.54, 1.807) is 19.1 Å². The molecule has 0 aliphatic carbocycles. The number of ketones is 1. The third-order valence-electron chi connectivity index (χ3n) is 3.43. The Morgan fingerprint density at radius 3 is 2.85 bits per heavy atom. The monoisotopic (exact) mass is 296 g/mol. The van der Waals surface area contributed by atoms with Gasteiger partial charge in [0.15, 0.2) is 5.78 Å². The summed E-state index contributed by atoms with van der Waals surface area (Å²) in [7, 11) is 0. The largest absolute Gasteiger partial charge is 0.384 e. The summed E-state index contributed by atoms with van der Waals surface area (Å²) in [6.45, 7) is 7.13. The highest BCUT2D eigenvalue weighted by Crippen LogP contribution is 2.21. The smallest absolute Gasteiger partial charge is 0.161 e. The average molecular weight is 297 g/mol. The maximum absolute atomic E-state index is 11.6. The minimum Gasteiger partial charge on any atom is -0.384 e. The molecule has 0 spiro atoms. The van der Waals surface area contributed by atoms with Crippen LogP contribution in [-0.2, 0) is 4.74 Å². The Morgan fingerprint density at radius 1 is 1.40 bits per heavy atom. The average Bonchev–Trinajstić information content (AvgIpc) is 2.44. The molecule has 5 heteroatoms. The molecule has 110 valence electrons. The fraction of sp³-hybridized carbons (Fsp3) is 0.533. The lowest BCUT2D eigenvalue weighted by molar-refractivity contribution is 0.0378.